The molecule has 1 amide bonds. The number of carbonyl (C=O) groups is 1. The van der Waals surface area contributed by atoms with Crippen molar-refractivity contribution in [3.8, 4) is 5.69 Å². The molecule has 8 heteroatoms. The molecule has 128 valence electrons. The predicted molar refractivity (Wildman–Crippen MR) is 88.5 cm³/mol. The van der Waals surface area contributed by atoms with Crippen molar-refractivity contribution in [1.29, 1.82) is 0 Å². The van der Waals surface area contributed by atoms with Gasteiger partial charge in [0, 0.05) is 11.8 Å². The molecule has 3 aromatic rings. The smallest absolute Gasteiger partial charge is 0.280 e. The largest absolute Gasteiger partial charge is 0.359 e. The lowest BCUT2D eigenvalue weighted by Crippen LogP contribution is -2.27. The van der Waals surface area contributed by atoms with Gasteiger partial charge < -0.3 is 9.84 Å². The van der Waals surface area contributed by atoms with Crippen LogP contribution in [0.5, 0.6) is 0 Å². The second-order valence-corrected chi connectivity index (χ2v) is 5.52. The molecule has 0 aliphatic carbocycles. The van der Waals surface area contributed by atoms with Gasteiger partial charge in [0.1, 0.15) is 22.9 Å². The molecule has 3 rings (SSSR count). The maximum absolute atomic E-state index is 14.0. The minimum Gasteiger partial charge on any atom is -0.359 e. The zero-order valence-corrected chi connectivity index (χ0v) is 13.8. The summed E-state index contributed by atoms with van der Waals surface area (Å²) in [6.45, 7) is 4.90. The Morgan fingerprint density at radius 2 is 1.96 bits per heavy atom. The van der Waals surface area contributed by atoms with Crippen molar-refractivity contribution in [2.75, 3.05) is 5.32 Å². The van der Waals surface area contributed by atoms with Gasteiger partial charge in [-0.3, -0.25) is 9.59 Å². The number of hydrogen-bond acceptors (Lipinski definition) is 5. The van der Waals surface area contributed by atoms with E-state index in [-0.39, 0.29) is 11.4 Å². The average Bonchev–Trinajstić information content (AvgIpc) is 2.88. The minimum absolute atomic E-state index is 0.145. The lowest BCUT2D eigenvalue weighted by Gasteiger charge is -2.12. The first-order chi connectivity index (χ1) is 11.9. The Kier molecular flexibility index (Phi) is 4.18. The lowest BCUT2D eigenvalue weighted by molar-refractivity contribution is 0.101. The molecule has 2 heterocycles. The molecule has 7 nitrogen and oxygen atoms in total. The Balaban J connectivity index is 2.05. The third-order valence-corrected chi connectivity index (χ3v) is 3.68. The van der Waals surface area contributed by atoms with E-state index in [9.17, 15) is 14.0 Å². The van der Waals surface area contributed by atoms with Crippen LogP contribution >= 0.6 is 0 Å². The average molecular weight is 342 g/mol. The van der Waals surface area contributed by atoms with E-state index in [0.29, 0.717) is 22.8 Å². The third-order valence-electron chi connectivity index (χ3n) is 3.68. The van der Waals surface area contributed by atoms with Gasteiger partial charge in [0.2, 0.25) is 5.43 Å². The van der Waals surface area contributed by atoms with Crippen LogP contribution in [0.1, 0.15) is 27.6 Å². The van der Waals surface area contributed by atoms with Gasteiger partial charge in [0.05, 0.1) is 0 Å². The van der Waals surface area contributed by atoms with Gasteiger partial charge in [-0.2, -0.15) is 5.10 Å². The fourth-order valence-electron chi connectivity index (χ4n) is 2.41. The summed E-state index contributed by atoms with van der Waals surface area (Å²) in [6, 6.07) is 7.21. The Morgan fingerprint density at radius 3 is 2.60 bits per heavy atom. The van der Waals surface area contributed by atoms with Crippen molar-refractivity contribution in [1.82, 2.24) is 14.9 Å². The van der Waals surface area contributed by atoms with E-state index in [1.54, 1.807) is 32.9 Å². The molecule has 0 saturated carbocycles. The van der Waals surface area contributed by atoms with E-state index in [1.807, 2.05) is 0 Å². The highest BCUT2D eigenvalue weighted by Gasteiger charge is 2.19. The number of benzene rings is 1. The Bertz CT molecular complexity index is 1000. The highest BCUT2D eigenvalue weighted by Crippen LogP contribution is 2.19. The van der Waals surface area contributed by atoms with Gasteiger partial charge in [0.15, 0.2) is 11.5 Å². The summed E-state index contributed by atoms with van der Waals surface area (Å²) in [7, 11) is 0. The van der Waals surface area contributed by atoms with Crippen LogP contribution in [0.2, 0.25) is 0 Å². The fourth-order valence-corrected chi connectivity index (χ4v) is 2.41. The number of aryl methyl sites for hydroxylation is 3. The van der Waals surface area contributed by atoms with Crippen molar-refractivity contribution in [3.05, 3.63) is 69.2 Å². The number of hydrogen-bond donors (Lipinski definition) is 1. The number of amides is 1. The second kappa shape index (κ2) is 6.31. The fraction of sp³-hybridized carbons (Fsp3) is 0.176. The van der Waals surface area contributed by atoms with Crippen molar-refractivity contribution in [2.45, 2.75) is 20.8 Å². The highest BCUT2D eigenvalue weighted by molar-refractivity contribution is 6.03. The van der Waals surface area contributed by atoms with Crippen molar-refractivity contribution >= 4 is 11.6 Å². The van der Waals surface area contributed by atoms with Crippen LogP contribution in [0.15, 0.2) is 39.6 Å². The lowest BCUT2D eigenvalue weighted by atomic mass is 10.2. The van der Waals surface area contributed by atoms with Crippen LogP contribution in [0.3, 0.4) is 0 Å². The van der Waals surface area contributed by atoms with Gasteiger partial charge in [-0.05, 0) is 32.9 Å². The van der Waals surface area contributed by atoms with Crippen LogP contribution < -0.4 is 10.7 Å². The van der Waals surface area contributed by atoms with Gasteiger partial charge in [-0.1, -0.05) is 17.3 Å². The molecule has 0 atom stereocenters. The van der Waals surface area contributed by atoms with E-state index in [2.05, 4.69) is 15.6 Å². The number of aromatic nitrogens is 3. The molecule has 0 bridgehead atoms. The quantitative estimate of drug-likeness (QED) is 0.790. The topological polar surface area (TPSA) is 90.0 Å². The zero-order chi connectivity index (χ0) is 18.1. The Morgan fingerprint density at radius 1 is 1.24 bits per heavy atom. The minimum atomic E-state index is -0.718. The highest BCUT2D eigenvalue weighted by atomic mass is 19.1. The van der Waals surface area contributed by atoms with Crippen LogP contribution in [0, 0.1) is 26.6 Å². The summed E-state index contributed by atoms with van der Waals surface area (Å²) in [5.74, 6) is -0.823. The van der Waals surface area contributed by atoms with Crippen LogP contribution in [-0.4, -0.2) is 20.8 Å². The van der Waals surface area contributed by atoms with Gasteiger partial charge in [-0.15, -0.1) is 0 Å². The molecular formula is C17H15FN4O3. The first kappa shape index (κ1) is 16.6. The maximum atomic E-state index is 14.0. The monoisotopic (exact) mass is 342 g/mol. The Labute approximate surface area is 142 Å². The van der Waals surface area contributed by atoms with E-state index in [0.717, 1.165) is 0 Å². The second-order valence-electron chi connectivity index (χ2n) is 5.52. The molecule has 0 unspecified atom stereocenters. The number of nitrogens with zero attached hydrogens (tertiary/aromatic N) is 3. The van der Waals surface area contributed by atoms with Crippen molar-refractivity contribution < 1.29 is 13.7 Å². The molecule has 1 N–H and O–H groups in total. The van der Waals surface area contributed by atoms with E-state index in [1.165, 1.54) is 22.9 Å². The summed E-state index contributed by atoms with van der Waals surface area (Å²) in [5.41, 5.74) is 0.496. The molecule has 0 radical (unpaired) electrons. The number of anilines is 1. The standard InChI is InChI=1S/C17H15FN4O3/c1-9-8-14(23)16(17(24)19-15-10(2)21-25-11(15)3)20-22(9)13-7-5-4-6-12(13)18/h4-8H,1-3H3,(H,19,24). The normalized spacial score (nSPS) is 10.7. The van der Waals surface area contributed by atoms with E-state index >= 15 is 0 Å². The molecule has 0 saturated heterocycles. The van der Waals surface area contributed by atoms with Crippen molar-refractivity contribution in [2.24, 2.45) is 0 Å². The molecule has 25 heavy (non-hydrogen) atoms. The van der Waals surface area contributed by atoms with Crippen LogP contribution in [0.25, 0.3) is 5.69 Å². The van der Waals surface area contributed by atoms with E-state index in [4.69, 9.17) is 4.52 Å². The molecule has 0 spiro atoms. The van der Waals surface area contributed by atoms with Crippen molar-refractivity contribution in [3.63, 3.8) is 0 Å². The summed E-state index contributed by atoms with van der Waals surface area (Å²) < 4.78 is 20.2. The van der Waals surface area contributed by atoms with Gasteiger partial charge in [0.25, 0.3) is 5.91 Å². The summed E-state index contributed by atoms with van der Waals surface area (Å²) in [4.78, 5) is 24.6. The number of nitrogens with one attached hydrogen (secondary N) is 1. The molecule has 0 aliphatic rings. The summed E-state index contributed by atoms with van der Waals surface area (Å²) >= 11 is 0. The van der Waals surface area contributed by atoms with E-state index < -0.39 is 17.2 Å². The molecule has 0 fully saturated rings. The molecule has 1 aromatic carbocycles. The number of rotatable bonds is 3. The Hall–Kier alpha value is -3.29. The first-order valence-electron chi connectivity index (χ1n) is 7.48. The first-order valence-corrected chi connectivity index (χ1v) is 7.48. The van der Waals surface area contributed by atoms with Crippen LogP contribution in [-0.2, 0) is 0 Å². The van der Waals surface area contributed by atoms with Gasteiger partial charge in [-0.25, -0.2) is 9.07 Å². The molecule has 2 aromatic heterocycles. The summed E-state index contributed by atoms with van der Waals surface area (Å²) in [6.07, 6.45) is 0. The number of para-hydroxylation sites is 1. The summed E-state index contributed by atoms with van der Waals surface area (Å²) in [5, 5.41) is 10.3. The van der Waals surface area contributed by atoms with Gasteiger partial charge >= 0.3 is 0 Å². The molecular weight excluding hydrogens is 327 g/mol. The SMILES string of the molecule is Cc1noc(C)c1NC(=O)c1nn(-c2ccccc2F)c(C)cc1=O. The molecule has 0 aliphatic heterocycles. The predicted octanol–water partition coefficient (Wildman–Crippen LogP) is 2.54. The maximum Gasteiger partial charge on any atom is 0.280 e. The number of carbonyl (C=O) groups excluding carboxylic acids is 1. The number of halogens is 1. The zero-order valence-electron chi connectivity index (χ0n) is 13.8. The van der Waals surface area contributed by atoms with Crippen LogP contribution in [0.4, 0.5) is 10.1 Å². The third kappa shape index (κ3) is 3.06.